The second-order valence-corrected chi connectivity index (χ2v) is 7.63. The van der Waals surface area contributed by atoms with Gasteiger partial charge in [0, 0.05) is 30.7 Å². The number of aromatic nitrogens is 4. The first kappa shape index (κ1) is 23.8. The average molecular weight is 485 g/mol. The Morgan fingerprint density at radius 2 is 1.91 bits per heavy atom. The van der Waals surface area contributed by atoms with Crippen molar-refractivity contribution >= 4 is 28.5 Å². The summed E-state index contributed by atoms with van der Waals surface area (Å²) in [5, 5.41) is 13.9. The van der Waals surface area contributed by atoms with Crippen molar-refractivity contribution in [1.29, 1.82) is 5.41 Å². The monoisotopic (exact) mass is 485 g/mol. The van der Waals surface area contributed by atoms with Crippen molar-refractivity contribution in [1.82, 2.24) is 25.3 Å². The van der Waals surface area contributed by atoms with Crippen LogP contribution in [0.5, 0.6) is 0 Å². The standard InChI is InChI=1S/C23H19F4N7O/c1-11(16-7-12(5-6-30-16)23(25,26)27)33-22(35)15-9-31-21-20(15)34-18(10-32-21)19(28)14-4-3-13(24)8-17(14)29-2/h3-11,28-29H,1-2H3,(H,31,32)(H,33,35). The second-order valence-electron chi connectivity index (χ2n) is 7.63. The second kappa shape index (κ2) is 9.12. The van der Waals surface area contributed by atoms with Gasteiger partial charge in [0.2, 0.25) is 0 Å². The van der Waals surface area contributed by atoms with Crippen LogP contribution in [0.2, 0.25) is 0 Å². The summed E-state index contributed by atoms with van der Waals surface area (Å²) in [4.78, 5) is 28.3. The van der Waals surface area contributed by atoms with E-state index >= 15 is 0 Å². The molecule has 0 aliphatic rings. The first-order valence-electron chi connectivity index (χ1n) is 10.3. The lowest BCUT2D eigenvalue weighted by molar-refractivity contribution is -0.137. The zero-order valence-corrected chi connectivity index (χ0v) is 18.5. The van der Waals surface area contributed by atoms with Crippen LogP contribution in [-0.2, 0) is 6.18 Å². The number of rotatable bonds is 6. The van der Waals surface area contributed by atoms with E-state index in [0.717, 1.165) is 18.3 Å². The summed E-state index contributed by atoms with van der Waals surface area (Å²) in [6, 6.07) is 4.79. The van der Waals surface area contributed by atoms with Crippen LogP contribution in [0.3, 0.4) is 0 Å². The lowest BCUT2D eigenvalue weighted by Gasteiger charge is -2.15. The molecule has 35 heavy (non-hydrogen) atoms. The van der Waals surface area contributed by atoms with Gasteiger partial charge in [0.15, 0.2) is 5.65 Å². The molecule has 0 bridgehead atoms. The lowest BCUT2D eigenvalue weighted by atomic mass is 10.1. The van der Waals surface area contributed by atoms with E-state index in [4.69, 9.17) is 5.41 Å². The van der Waals surface area contributed by atoms with Gasteiger partial charge in [0.05, 0.1) is 34.8 Å². The number of fused-ring (bicyclic) bond motifs is 1. The molecule has 4 aromatic rings. The zero-order chi connectivity index (χ0) is 25.3. The molecule has 4 N–H and O–H groups in total. The molecule has 0 aliphatic heterocycles. The number of H-pyrrole nitrogens is 1. The molecule has 1 aromatic carbocycles. The molecule has 0 radical (unpaired) electrons. The quantitative estimate of drug-likeness (QED) is 0.238. The number of pyridine rings is 1. The third-order valence-electron chi connectivity index (χ3n) is 5.30. The number of aromatic amines is 1. The molecule has 1 amide bonds. The predicted molar refractivity (Wildman–Crippen MR) is 121 cm³/mol. The molecule has 12 heteroatoms. The van der Waals surface area contributed by atoms with Crippen molar-refractivity contribution in [2.75, 3.05) is 12.4 Å². The van der Waals surface area contributed by atoms with Crippen LogP contribution in [-0.4, -0.2) is 38.6 Å². The van der Waals surface area contributed by atoms with E-state index in [-0.39, 0.29) is 33.8 Å². The van der Waals surface area contributed by atoms with Crippen molar-refractivity contribution in [2.45, 2.75) is 19.1 Å². The molecular weight excluding hydrogens is 466 g/mol. The van der Waals surface area contributed by atoms with E-state index in [2.05, 4.69) is 30.6 Å². The highest BCUT2D eigenvalue weighted by atomic mass is 19.4. The Morgan fingerprint density at radius 3 is 2.63 bits per heavy atom. The number of carbonyl (C=O) groups excluding carboxylic acids is 1. The molecule has 180 valence electrons. The molecule has 3 aromatic heterocycles. The van der Waals surface area contributed by atoms with Gasteiger partial charge < -0.3 is 15.6 Å². The number of nitrogens with one attached hydrogen (secondary N) is 4. The van der Waals surface area contributed by atoms with Crippen LogP contribution in [0, 0.1) is 11.2 Å². The van der Waals surface area contributed by atoms with Gasteiger partial charge >= 0.3 is 6.18 Å². The van der Waals surface area contributed by atoms with Gasteiger partial charge in [0.25, 0.3) is 5.91 Å². The fourth-order valence-corrected chi connectivity index (χ4v) is 3.47. The van der Waals surface area contributed by atoms with Gasteiger partial charge in [-0.25, -0.2) is 14.4 Å². The maximum atomic E-state index is 13.6. The number of anilines is 1. The van der Waals surface area contributed by atoms with E-state index in [1.807, 2.05) is 0 Å². The lowest BCUT2D eigenvalue weighted by Crippen LogP contribution is -2.27. The predicted octanol–water partition coefficient (Wildman–Crippen LogP) is 4.46. The summed E-state index contributed by atoms with van der Waals surface area (Å²) in [5.41, 5.74) is 0.573. The molecular formula is C23H19F4N7O. The molecule has 3 heterocycles. The van der Waals surface area contributed by atoms with Crippen molar-refractivity contribution in [2.24, 2.45) is 0 Å². The summed E-state index contributed by atoms with van der Waals surface area (Å²) >= 11 is 0. The minimum absolute atomic E-state index is 0.0393. The van der Waals surface area contributed by atoms with Gasteiger partial charge in [-0.15, -0.1) is 0 Å². The van der Waals surface area contributed by atoms with Crippen LogP contribution in [0.1, 0.15) is 45.8 Å². The largest absolute Gasteiger partial charge is 0.416 e. The Balaban J connectivity index is 1.62. The highest BCUT2D eigenvalue weighted by molar-refractivity contribution is 6.14. The number of halogens is 4. The Bertz CT molecular complexity index is 1430. The number of carbonyl (C=O) groups is 1. The average Bonchev–Trinajstić information content (AvgIpc) is 3.26. The normalized spacial score (nSPS) is 12.4. The van der Waals surface area contributed by atoms with E-state index < -0.39 is 29.5 Å². The Hall–Kier alpha value is -4.35. The first-order valence-corrected chi connectivity index (χ1v) is 10.3. The van der Waals surface area contributed by atoms with Crippen LogP contribution >= 0.6 is 0 Å². The zero-order valence-electron chi connectivity index (χ0n) is 18.5. The van der Waals surface area contributed by atoms with Gasteiger partial charge in [-0.05, 0) is 37.3 Å². The van der Waals surface area contributed by atoms with Crippen LogP contribution < -0.4 is 10.6 Å². The summed E-state index contributed by atoms with van der Waals surface area (Å²) in [5.74, 6) is -1.08. The molecule has 0 aliphatic carbocycles. The summed E-state index contributed by atoms with van der Waals surface area (Å²) in [6.07, 6.45) is -0.783. The first-order chi connectivity index (χ1) is 16.6. The van der Waals surface area contributed by atoms with E-state index in [0.29, 0.717) is 11.3 Å². The number of hydrogen-bond donors (Lipinski definition) is 4. The molecule has 1 unspecified atom stereocenters. The summed E-state index contributed by atoms with van der Waals surface area (Å²) in [7, 11) is 1.59. The topological polar surface area (TPSA) is 119 Å². The number of hydrogen-bond acceptors (Lipinski definition) is 6. The number of nitrogens with zero attached hydrogens (tertiary/aromatic N) is 3. The van der Waals surface area contributed by atoms with Crippen molar-refractivity contribution in [3.05, 3.63) is 82.8 Å². The molecule has 8 nitrogen and oxygen atoms in total. The molecule has 0 fully saturated rings. The van der Waals surface area contributed by atoms with Gasteiger partial charge in [-0.3, -0.25) is 15.2 Å². The smallest absolute Gasteiger partial charge is 0.387 e. The molecule has 0 saturated heterocycles. The molecule has 0 saturated carbocycles. The Morgan fingerprint density at radius 1 is 1.14 bits per heavy atom. The summed E-state index contributed by atoms with van der Waals surface area (Å²) < 4.78 is 52.6. The van der Waals surface area contributed by atoms with Crippen LogP contribution in [0.15, 0.2) is 48.9 Å². The maximum absolute atomic E-state index is 13.6. The van der Waals surface area contributed by atoms with E-state index in [1.165, 1.54) is 37.5 Å². The number of alkyl halides is 3. The van der Waals surface area contributed by atoms with Gasteiger partial charge in [0.1, 0.15) is 17.0 Å². The van der Waals surface area contributed by atoms with E-state index in [9.17, 15) is 22.4 Å². The minimum atomic E-state index is -4.54. The van der Waals surface area contributed by atoms with Crippen LogP contribution in [0.4, 0.5) is 23.2 Å². The SMILES string of the molecule is CNc1cc(F)ccc1C(=N)c1cnc2[nH]cc(C(=O)NC(C)c3cc(C(F)(F)F)ccn3)c2n1. The van der Waals surface area contributed by atoms with E-state index in [1.54, 1.807) is 7.05 Å². The number of amides is 1. The minimum Gasteiger partial charge on any atom is -0.387 e. The Labute approximate surface area is 196 Å². The number of benzene rings is 1. The third-order valence-corrected chi connectivity index (χ3v) is 5.30. The van der Waals surface area contributed by atoms with Crippen molar-refractivity contribution in [3.8, 4) is 0 Å². The fourth-order valence-electron chi connectivity index (χ4n) is 3.47. The van der Waals surface area contributed by atoms with Gasteiger partial charge in [-0.2, -0.15) is 13.2 Å². The molecule has 0 spiro atoms. The molecule has 1 atom stereocenters. The van der Waals surface area contributed by atoms with Crippen molar-refractivity contribution in [3.63, 3.8) is 0 Å². The summed E-state index contributed by atoms with van der Waals surface area (Å²) in [6.45, 7) is 1.51. The van der Waals surface area contributed by atoms with Crippen molar-refractivity contribution < 1.29 is 22.4 Å². The van der Waals surface area contributed by atoms with Crippen LogP contribution in [0.25, 0.3) is 11.2 Å². The fraction of sp³-hybridized carbons (Fsp3) is 0.174. The maximum Gasteiger partial charge on any atom is 0.416 e. The highest BCUT2D eigenvalue weighted by Crippen LogP contribution is 2.30. The molecule has 4 rings (SSSR count). The third kappa shape index (κ3) is 4.81. The Kier molecular flexibility index (Phi) is 6.20. The van der Waals surface area contributed by atoms with Gasteiger partial charge in [-0.1, -0.05) is 0 Å². The highest BCUT2D eigenvalue weighted by Gasteiger charge is 2.31.